The lowest BCUT2D eigenvalue weighted by Crippen LogP contribution is -2.21. The van der Waals surface area contributed by atoms with Crippen LogP contribution in [0.4, 0.5) is 35.3 Å². The maximum Gasteiger partial charge on any atom is 0.433 e. The van der Waals surface area contributed by atoms with Crippen LogP contribution in [0.1, 0.15) is 23.1 Å². The number of alkyl halides is 3. The zero-order valence-electron chi connectivity index (χ0n) is 17.0. The molecule has 0 bridgehead atoms. The molecular weight excluding hydrogens is 439 g/mol. The summed E-state index contributed by atoms with van der Waals surface area (Å²) >= 11 is 0. The molecule has 3 aromatic heterocycles. The summed E-state index contributed by atoms with van der Waals surface area (Å²) in [6.07, 6.45) is -3.37. The van der Waals surface area contributed by atoms with Gasteiger partial charge in [0.25, 0.3) is 0 Å². The predicted octanol–water partition coefficient (Wildman–Crippen LogP) is 4.24. The van der Waals surface area contributed by atoms with Crippen LogP contribution in [0.2, 0.25) is 0 Å². The summed E-state index contributed by atoms with van der Waals surface area (Å²) in [5.41, 5.74) is 7.37. The summed E-state index contributed by atoms with van der Waals surface area (Å²) in [4.78, 5) is 31.5. The number of pyridine rings is 1. The van der Waals surface area contributed by atoms with Gasteiger partial charge in [-0.3, -0.25) is 10.1 Å². The van der Waals surface area contributed by atoms with Crippen molar-refractivity contribution in [1.82, 2.24) is 19.6 Å². The van der Waals surface area contributed by atoms with Crippen molar-refractivity contribution in [3.8, 4) is 11.1 Å². The largest absolute Gasteiger partial charge is 0.433 e. The minimum Gasteiger partial charge on any atom is -0.382 e. The van der Waals surface area contributed by atoms with Gasteiger partial charge in [-0.1, -0.05) is 18.2 Å². The molecule has 4 aromatic rings. The highest BCUT2D eigenvalue weighted by Crippen LogP contribution is 2.31. The van der Waals surface area contributed by atoms with Crippen LogP contribution in [0.25, 0.3) is 16.6 Å². The van der Waals surface area contributed by atoms with Crippen molar-refractivity contribution in [2.24, 2.45) is 0 Å². The molecule has 0 fully saturated rings. The van der Waals surface area contributed by atoms with Crippen LogP contribution in [-0.4, -0.2) is 31.4 Å². The first-order valence-corrected chi connectivity index (χ1v) is 9.49. The quantitative estimate of drug-likeness (QED) is 0.395. The number of rotatable bonds is 4. The smallest absolute Gasteiger partial charge is 0.382 e. The molecular formula is C21H16F3N7O2. The second-order valence-electron chi connectivity index (χ2n) is 6.97. The molecule has 33 heavy (non-hydrogen) atoms. The van der Waals surface area contributed by atoms with E-state index in [1.165, 1.54) is 23.8 Å². The van der Waals surface area contributed by atoms with Crippen LogP contribution in [0.15, 0.2) is 54.9 Å². The number of ketones is 1. The molecule has 0 saturated heterocycles. The number of halogens is 3. The number of fused-ring (bicyclic) bond motifs is 1. The normalized spacial score (nSPS) is 11.4. The molecule has 0 atom stereocenters. The Morgan fingerprint density at radius 3 is 2.45 bits per heavy atom. The van der Waals surface area contributed by atoms with E-state index in [9.17, 15) is 22.8 Å². The highest BCUT2D eigenvalue weighted by atomic mass is 19.4. The van der Waals surface area contributed by atoms with Crippen molar-refractivity contribution >= 4 is 34.7 Å². The van der Waals surface area contributed by atoms with E-state index in [0.717, 1.165) is 12.1 Å². The van der Waals surface area contributed by atoms with E-state index in [0.29, 0.717) is 28.0 Å². The van der Waals surface area contributed by atoms with E-state index < -0.39 is 17.9 Å². The topological polar surface area (TPSA) is 127 Å². The lowest BCUT2D eigenvalue weighted by Gasteiger charge is -2.10. The average Bonchev–Trinajstić information content (AvgIpc) is 3.15. The molecule has 4 N–H and O–H groups in total. The van der Waals surface area contributed by atoms with Gasteiger partial charge < -0.3 is 11.1 Å². The van der Waals surface area contributed by atoms with Crippen molar-refractivity contribution in [3.05, 3.63) is 66.2 Å². The first-order chi connectivity index (χ1) is 15.6. The summed E-state index contributed by atoms with van der Waals surface area (Å²) < 4.78 is 39.7. The molecule has 0 aliphatic heterocycles. The Morgan fingerprint density at radius 2 is 1.79 bits per heavy atom. The van der Waals surface area contributed by atoms with Gasteiger partial charge in [0.1, 0.15) is 29.0 Å². The molecule has 0 spiro atoms. The van der Waals surface area contributed by atoms with Crippen LogP contribution in [0.3, 0.4) is 0 Å². The van der Waals surface area contributed by atoms with Gasteiger partial charge >= 0.3 is 12.2 Å². The Bertz CT molecular complexity index is 1360. The lowest BCUT2D eigenvalue weighted by molar-refractivity contribution is -0.141. The number of nitrogen functional groups attached to an aromatic ring is 1. The van der Waals surface area contributed by atoms with E-state index in [4.69, 9.17) is 5.73 Å². The SMILES string of the molecule is CC(=O)c1cc(-c2ccc(NC(=O)Nc3cccc(C(F)(F)F)n3)cc2)c2c(N)ncnn12. The van der Waals surface area contributed by atoms with Crippen molar-refractivity contribution in [2.45, 2.75) is 13.1 Å². The molecule has 3 heterocycles. The number of Topliss-reactive ketones (excluding diaryl/α,β-unsaturated/α-hetero) is 1. The van der Waals surface area contributed by atoms with Crippen molar-refractivity contribution in [1.29, 1.82) is 0 Å². The fraction of sp³-hybridized carbons (Fsp3) is 0.0952. The number of anilines is 3. The molecule has 9 nitrogen and oxygen atoms in total. The molecule has 12 heteroatoms. The molecule has 0 radical (unpaired) electrons. The van der Waals surface area contributed by atoms with E-state index in [-0.39, 0.29) is 17.4 Å². The number of aromatic nitrogens is 4. The van der Waals surface area contributed by atoms with Crippen molar-refractivity contribution in [2.75, 3.05) is 16.4 Å². The van der Waals surface area contributed by atoms with Gasteiger partial charge in [0.2, 0.25) is 0 Å². The van der Waals surface area contributed by atoms with E-state index >= 15 is 0 Å². The van der Waals surface area contributed by atoms with Crippen molar-refractivity contribution < 1.29 is 22.8 Å². The lowest BCUT2D eigenvalue weighted by atomic mass is 10.1. The van der Waals surface area contributed by atoms with Gasteiger partial charge in [-0.2, -0.15) is 18.3 Å². The molecule has 1 aromatic carbocycles. The number of nitrogens with two attached hydrogens (primary N) is 1. The highest BCUT2D eigenvalue weighted by Gasteiger charge is 2.32. The number of amides is 2. The fourth-order valence-corrected chi connectivity index (χ4v) is 3.21. The summed E-state index contributed by atoms with van der Waals surface area (Å²) in [5.74, 6) is -0.248. The van der Waals surface area contributed by atoms with Gasteiger partial charge in [-0.15, -0.1) is 0 Å². The summed E-state index contributed by atoms with van der Waals surface area (Å²) in [7, 11) is 0. The predicted molar refractivity (Wildman–Crippen MR) is 115 cm³/mol. The van der Waals surface area contributed by atoms with Crippen LogP contribution < -0.4 is 16.4 Å². The number of nitrogens with one attached hydrogen (secondary N) is 2. The van der Waals surface area contributed by atoms with Gasteiger partial charge in [-0.25, -0.2) is 19.3 Å². The molecule has 2 amide bonds. The van der Waals surface area contributed by atoms with Crippen LogP contribution >= 0.6 is 0 Å². The van der Waals surface area contributed by atoms with Gasteiger partial charge in [0.05, 0.1) is 0 Å². The summed E-state index contributed by atoms with van der Waals surface area (Å²) in [6.45, 7) is 1.41. The first-order valence-electron chi connectivity index (χ1n) is 9.49. The number of urea groups is 1. The van der Waals surface area contributed by atoms with Crippen molar-refractivity contribution in [3.63, 3.8) is 0 Å². The van der Waals surface area contributed by atoms with E-state index in [1.807, 2.05) is 0 Å². The zero-order valence-corrected chi connectivity index (χ0v) is 17.0. The number of carbonyl (C=O) groups excluding carboxylic acids is 2. The number of hydrogen-bond acceptors (Lipinski definition) is 6. The Labute approximate surface area is 184 Å². The minimum absolute atomic E-state index is 0.197. The maximum absolute atomic E-state index is 12.8. The number of carbonyl (C=O) groups is 2. The zero-order chi connectivity index (χ0) is 23.8. The Hall–Kier alpha value is -4.48. The molecule has 0 aliphatic rings. The Balaban J connectivity index is 1.54. The average molecular weight is 455 g/mol. The molecule has 0 saturated carbocycles. The Morgan fingerprint density at radius 1 is 1.06 bits per heavy atom. The highest BCUT2D eigenvalue weighted by molar-refractivity contribution is 6.01. The fourth-order valence-electron chi connectivity index (χ4n) is 3.21. The number of nitrogens with zero attached hydrogens (tertiary/aromatic N) is 4. The van der Waals surface area contributed by atoms with Gasteiger partial charge in [0.15, 0.2) is 11.6 Å². The number of benzene rings is 1. The van der Waals surface area contributed by atoms with E-state index in [1.54, 1.807) is 30.3 Å². The van der Waals surface area contributed by atoms with E-state index in [2.05, 4.69) is 25.7 Å². The Kier molecular flexibility index (Phi) is 5.42. The van der Waals surface area contributed by atoms with Gasteiger partial charge in [0, 0.05) is 18.2 Å². The number of hydrogen-bond donors (Lipinski definition) is 3. The molecule has 0 unspecified atom stereocenters. The van der Waals surface area contributed by atoms with Crippen LogP contribution in [-0.2, 0) is 6.18 Å². The third-order valence-electron chi connectivity index (χ3n) is 4.68. The summed E-state index contributed by atoms with van der Waals surface area (Å²) in [5, 5.41) is 8.87. The van der Waals surface area contributed by atoms with Crippen LogP contribution in [0, 0.1) is 0 Å². The minimum atomic E-state index is -4.62. The third-order valence-corrected chi connectivity index (χ3v) is 4.68. The second-order valence-corrected chi connectivity index (χ2v) is 6.97. The maximum atomic E-state index is 12.8. The molecule has 4 rings (SSSR count). The standard InChI is InChI=1S/C21H16F3N7O2/c1-11(32)15-9-14(18-19(25)26-10-27-31(15)18)12-5-7-13(8-6-12)28-20(33)30-17-4-2-3-16(29-17)21(22,23)24/h2-10H,1H3,(H2,25,26,27)(H2,28,29,30,33). The second kappa shape index (κ2) is 8.22. The summed E-state index contributed by atoms with van der Waals surface area (Å²) in [6, 6.07) is 10.6. The first kappa shape index (κ1) is 21.7. The molecule has 168 valence electrons. The van der Waals surface area contributed by atoms with Gasteiger partial charge in [-0.05, 0) is 35.9 Å². The third kappa shape index (κ3) is 4.44. The molecule has 0 aliphatic carbocycles. The van der Waals surface area contributed by atoms with Crippen LogP contribution in [0.5, 0.6) is 0 Å². The monoisotopic (exact) mass is 455 g/mol.